The smallest absolute Gasteiger partial charge is 0.257 e. The van der Waals surface area contributed by atoms with Crippen molar-refractivity contribution in [2.24, 2.45) is 0 Å². The SMILES string of the molecule is COc1ccc(C(=O)Nc2nncs2)cc1Br. The van der Waals surface area contributed by atoms with Gasteiger partial charge in [-0.3, -0.25) is 10.1 Å². The molecule has 0 aliphatic rings. The molecule has 0 aliphatic carbocycles. The molecule has 1 amide bonds. The zero-order chi connectivity index (χ0) is 12.3. The minimum Gasteiger partial charge on any atom is -0.496 e. The lowest BCUT2D eigenvalue weighted by molar-refractivity contribution is 0.102. The molecule has 0 saturated heterocycles. The number of amides is 1. The zero-order valence-electron chi connectivity index (χ0n) is 8.81. The quantitative estimate of drug-likeness (QED) is 0.946. The van der Waals surface area contributed by atoms with E-state index in [1.54, 1.807) is 30.8 Å². The van der Waals surface area contributed by atoms with Crippen molar-refractivity contribution in [2.45, 2.75) is 0 Å². The average molecular weight is 314 g/mol. The van der Waals surface area contributed by atoms with Crippen molar-refractivity contribution in [1.29, 1.82) is 0 Å². The van der Waals surface area contributed by atoms with E-state index < -0.39 is 0 Å². The molecule has 0 fully saturated rings. The van der Waals surface area contributed by atoms with Crippen LogP contribution in [0.1, 0.15) is 10.4 Å². The van der Waals surface area contributed by atoms with Crippen molar-refractivity contribution in [3.8, 4) is 5.75 Å². The predicted molar refractivity (Wildman–Crippen MR) is 68.6 cm³/mol. The van der Waals surface area contributed by atoms with Crippen molar-refractivity contribution in [3.63, 3.8) is 0 Å². The number of anilines is 1. The lowest BCUT2D eigenvalue weighted by Gasteiger charge is -2.05. The van der Waals surface area contributed by atoms with Gasteiger partial charge in [-0.2, -0.15) is 0 Å². The van der Waals surface area contributed by atoms with E-state index >= 15 is 0 Å². The van der Waals surface area contributed by atoms with Crippen LogP contribution in [-0.2, 0) is 0 Å². The van der Waals surface area contributed by atoms with E-state index in [-0.39, 0.29) is 5.91 Å². The van der Waals surface area contributed by atoms with Gasteiger partial charge < -0.3 is 4.74 Å². The second kappa shape index (κ2) is 5.24. The van der Waals surface area contributed by atoms with Gasteiger partial charge in [-0.1, -0.05) is 11.3 Å². The van der Waals surface area contributed by atoms with Gasteiger partial charge in [-0.25, -0.2) is 0 Å². The number of benzene rings is 1. The highest BCUT2D eigenvalue weighted by Crippen LogP contribution is 2.25. The maximum absolute atomic E-state index is 11.8. The summed E-state index contributed by atoms with van der Waals surface area (Å²) in [4.78, 5) is 11.8. The molecule has 0 unspecified atom stereocenters. The predicted octanol–water partition coefficient (Wildman–Crippen LogP) is 2.56. The molecule has 0 radical (unpaired) electrons. The Labute approximate surface area is 110 Å². The minimum absolute atomic E-state index is 0.231. The third-order valence-electron chi connectivity index (χ3n) is 1.99. The van der Waals surface area contributed by atoms with E-state index in [4.69, 9.17) is 4.74 Å². The summed E-state index contributed by atoms with van der Waals surface area (Å²) in [7, 11) is 1.57. The fraction of sp³-hybridized carbons (Fsp3) is 0.100. The molecule has 88 valence electrons. The second-order valence-electron chi connectivity index (χ2n) is 3.05. The standard InChI is InChI=1S/C10H8BrN3O2S/c1-16-8-3-2-6(4-7(8)11)9(15)13-10-14-12-5-17-10/h2-5H,1H3,(H,13,14,15). The van der Waals surface area contributed by atoms with Crippen LogP contribution in [0.3, 0.4) is 0 Å². The second-order valence-corrected chi connectivity index (χ2v) is 4.73. The fourth-order valence-electron chi connectivity index (χ4n) is 1.20. The number of aromatic nitrogens is 2. The van der Waals surface area contributed by atoms with E-state index in [0.29, 0.717) is 16.4 Å². The largest absolute Gasteiger partial charge is 0.496 e. The maximum atomic E-state index is 11.8. The molecule has 0 bridgehead atoms. The Morgan fingerprint density at radius 1 is 1.53 bits per heavy atom. The van der Waals surface area contributed by atoms with Gasteiger partial charge in [0, 0.05) is 5.56 Å². The molecule has 0 saturated carbocycles. The highest BCUT2D eigenvalue weighted by atomic mass is 79.9. The van der Waals surface area contributed by atoms with E-state index in [0.717, 1.165) is 4.47 Å². The minimum atomic E-state index is -0.231. The number of halogens is 1. The molecule has 5 nitrogen and oxygen atoms in total. The summed E-state index contributed by atoms with van der Waals surface area (Å²) in [5.74, 6) is 0.447. The van der Waals surface area contributed by atoms with Crippen LogP contribution in [0.2, 0.25) is 0 Å². The summed E-state index contributed by atoms with van der Waals surface area (Å²) in [6, 6.07) is 5.09. The van der Waals surface area contributed by atoms with Gasteiger partial charge in [-0.15, -0.1) is 10.2 Å². The molecule has 1 N–H and O–H groups in total. The summed E-state index contributed by atoms with van der Waals surface area (Å²) < 4.78 is 5.81. The van der Waals surface area contributed by atoms with Crippen LogP contribution in [0, 0.1) is 0 Å². The molecule has 1 aromatic heterocycles. The van der Waals surface area contributed by atoms with E-state index in [1.807, 2.05) is 0 Å². The molecular formula is C10H8BrN3O2S. The average Bonchev–Trinajstić information content (AvgIpc) is 2.81. The fourth-order valence-corrected chi connectivity index (χ4v) is 2.19. The number of hydrogen-bond donors (Lipinski definition) is 1. The van der Waals surface area contributed by atoms with Crippen LogP contribution in [0.15, 0.2) is 28.2 Å². The summed E-state index contributed by atoms with van der Waals surface area (Å²) >= 11 is 4.59. The third kappa shape index (κ3) is 2.80. The lowest BCUT2D eigenvalue weighted by Crippen LogP contribution is -2.11. The van der Waals surface area contributed by atoms with E-state index in [2.05, 4.69) is 31.4 Å². The summed E-state index contributed by atoms with van der Waals surface area (Å²) in [6.45, 7) is 0. The number of hydrogen-bond acceptors (Lipinski definition) is 5. The van der Waals surface area contributed by atoms with Gasteiger partial charge in [0.15, 0.2) is 0 Å². The van der Waals surface area contributed by atoms with E-state index in [1.165, 1.54) is 11.3 Å². The molecular weight excluding hydrogens is 306 g/mol. The first-order valence-electron chi connectivity index (χ1n) is 4.62. The number of carbonyl (C=O) groups excluding carboxylic acids is 1. The molecule has 0 spiro atoms. The topological polar surface area (TPSA) is 64.1 Å². The van der Waals surface area contributed by atoms with Gasteiger partial charge >= 0.3 is 0 Å². The Hall–Kier alpha value is -1.47. The van der Waals surface area contributed by atoms with Crippen molar-refractivity contribution in [3.05, 3.63) is 33.7 Å². The highest BCUT2D eigenvalue weighted by Gasteiger charge is 2.10. The van der Waals surface area contributed by atoms with Gasteiger partial charge in [-0.05, 0) is 34.1 Å². The van der Waals surface area contributed by atoms with E-state index in [9.17, 15) is 4.79 Å². The number of nitrogens with one attached hydrogen (secondary N) is 1. The highest BCUT2D eigenvalue weighted by molar-refractivity contribution is 9.10. The van der Waals surface area contributed by atoms with Crippen molar-refractivity contribution >= 4 is 38.3 Å². The first kappa shape index (κ1) is 12.0. The Morgan fingerprint density at radius 2 is 2.35 bits per heavy atom. The van der Waals surface area contributed by atoms with Crippen LogP contribution in [0.25, 0.3) is 0 Å². The van der Waals surface area contributed by atoms with Gasteiger partial charge in [0.25, 0.3) is 5.91 Å². The Kier molecular flexibility index (Phi) is 3.70. The van der Waals surface area contributed by atoms with Gasteiger partial charge in [0.1, 0.15) is 11.3 Å². The van der Waals surface area contributed by atoms with Gasteiger partial charge in [0.2, 0.25) is 5.13 Å². The summed E-state index contributed by atoms with van der Waals surface area (Å²) in [6.07, 6.45) is 0. The normalized spacial score (nSPS) is 10.0. The molecule has 7 heteroatoms. The lowest BCUT2D eigenvalue weighted by atomic mass is 10.2. The van der Waals surface area contributed by atoms with Crippen molar-refractivity contribution < 1.29 is 9.53 Å². The number of methoxy groups -OCH3 is 1. The molecule has 2 rings (SSSR count). The third-order valence-corrected chi connectivity index (χ3v) is 3.22. The molecule has 0 aliphatic heterocycles. The molecule has 0 atom stereocenters. The number of carbonyl (C=O) groups is 1. The Morgan fingerprint density at radius 3 is 2.94 bits per heavy atom. The molecule has 1 aromatic carbocycles. The van der Waals surface area contributed by atoms with Crippen LogP contribution in [0.5, 0.6) is 5.75 Å². The Balaban J connectivity index is 2.17. The van der Waals surface area contributed by atoms with Crippen LogP contribution in [-0.4, -0.2) is 23.2 Å². The van der Waals surface area contributed by atoms with Crippen LogP contribution >= 0.6 is 27.3 Å². The zero-order valence-corrected chi connectivity index (χ0v) is 11.2. The molecule has 2 aromatic rings. The molecule has 17 heavy (non-hydrogen) atoms. The van der Waals surface area contributed by atoms with Crippen LogP contribution < -0.4 is 10.1 Å². The van der Waals surface area contributed by atoms with Gasteiger partial charge in [0.05, 0.1) is 11.6 Å². The first-order valence-corrected chi connectivity index (χ1v) is 6.29. The summed E-state index contributed by atoms with van der Waals surface area (Å²) in [5.41, 5.74) is 2.08. The Bertz CT molecular complexity index is 530. The molecule has 1 heterocycles. The monoisotopic (exact) mass is 313 g/mol. The van der Waals surface area contributed by atoms with Crippen molar-refractivity contribution in [2.75, 3.05) is 12.4 Å². The number of nitrogens with zero attached hydrogens (tertiary/aromatic N) is 2. The van der Waals surface area contributed by atoms with Crippen LogP contribution in [0.4, 0.5) is 5.13 Å². The van der Waals surface area contributed by atoms with Crippen molar-refractivity contribution in [1.82, 2.24) is 10.2 Å². The maximum Gasteiger partial charge on any atom is 0.257 e. The first-order chi connectivity index (χ1) is 8.20. The summed E-state index contributed by atoms with van der Waals surface area (Å²) in [5, 5.41) is 10.5. The number of ether oxygens (including phenoxy) is 1. The number of rotatable bonds is 3.